The second-order valence-corrected chi connectivity index (χ2v) is 19.6. The van der Waals surface area contributed by atoms with Crippen LogP contribution in [0.1, 0.15) is 37.0 Å². The van der Waals surface area contributed by atoms with Gasteiger partial charge in [0.05, 0.1) is 17.1 Å². The molecule has 5 nitrogen and oxygen atoms in total. The van der Waals surface area contributed by atoms with Gasteiger partial charge in [0.25, 0.3) is 0 Å². The van der Waals surface area contributed by atoms with Gasteiger partial charge in [-0.3, -0.25) is 0 Å². The molecule has 5 heteroatoms. The van der Waals surface area contributed by atoms with E-state index in [1.807, 2.05) is 36.4 Å². The fourth-order valence-electron chi connectivity index (χ4n) is 11.7. The SMILES string of the molecule is CC1(C)C2=C(C=C3c4cc(-c5ccc6c(c5)c5cc(-c7ccccc7)ccc5n6-c5ccccc5)ccc4N(c4cccc(-c5nc(-c6ccccc6)nc(-c6ccccc6)n5)c4)C3C2)c2ccccc21. The predicted molar refractivity (Wildman–Crippen MR) is 293 cm³/mol. The minimum Gasteiger partial charge on any atom is -0.333 e. The summed E-state index contributed by atoms with van der Waals surface area (Å²) in [6, 6.07) is 80.8. The predicted octanol–water partition coefficient (Wildman–Crippen LogP) is 16.4. The largest absolute Gasteiger partial charge is 0.333 e. The van der Waals surface area contributed by atoms with Crippen molar-refractivity contribution >= 4 is 44.3 Å². The number of para-hydroxylation sites is 1. The Labute approximate surface area is 413 Å². The lowest BCUT2D eigenvalue weighted by Gasteiger charge is -2.34. The first-order valence-electron chi connectivity index (χ1n) is 24.6. The van der Waals surface area contributed by atoms with Crippen molar-refractivity contribution < 1.29 is 0 Å². The van der Waals surface area contributed by atoms with Crippen molar-refractivity contribution in [2.45, 2.75) is 31.7 Å². The maximum atomic E-state index is 5.14. The third kappa shape index (κ3) is 6.65. The second-order valence-electron chi connectivity index (χ2n) is 19.6. The van der Waals surface area contributed by atoms with Crippen LogP contribution < -0.4 is 4.90 Å². The molecule has 0 amide bonds. The molecule has 3 heterocycles. The summed E-state index contributed by atoms with van der Waals surface area (Å²) in [6.45, 7) is 4.81. The van der Waals surface area contributed by atoms with Gasteiger partial charge in [-0.2, -0.15) is 0 Å². The highest BCUT2D eigenvalue weighted by atomic mass is 15.2. The highest BCUT2D eigenvalue weighted by Gasteiger charge is 2.45. The molecule has 1 atom stereocenters. The Morgan fingerprint density at radius 3 is 1.58 bits per heavy atom. The van der Waals surface area contributed by atoms with E-state index in [1.165, 1.54) is 83.2 Å². The normalized spacial score (nSPS) is 15.4. The van der Waals surface area contributed by atoms with Crippen LogP contribution in [0.25, 0.3) is 95.1 Å². The highest BCUT2D eigenvalue weighted by molar-refractivity contribution is 6.12. The Bertz CT molecular complexity index is 3920. The summed E-state index contributed by atoms with van der Waals surface area (Å²) in [7, 11) is 0. The first-order valence-corrected chi connectivity index (χ1v) is 24.6. The van der Waals surface area contributed by atoms with Gasteiger partial charge >= 0.3 is 0 Å². The average molecular weight is 910 g/mol. The van der Waals surface area contributed by atoms with Gasteiger partial charge in [-0.1, -0.05) is 178 Å². The van der Waals surface area contributed by atoms with Crippen LogP contribution in [-0.4, -0.2) is 25.6 Å². The zero-order chi connectivity index (χ0) is 47.2. The van der Waals surface area contributed by atoms with Crippen LogP contribution in [0.15, 0.2) is 236 Å². The molecule has 14 rings (SSSR count). The highest BCUT2D eigenvalue weighted by Crippen LogP contribution is 2.58. The number of anilines is 2. The number of benzene rings is 9. The summed E-state index contributed by atoms with van der Waals surface area (Å²) >= 11 is 0. The van der Waals surface area contributed by atoms with Crippen molar-refractivity contribution in [1.29, 1.82) is 0 Å². The molecular weight excluding hydrogens is 863 g/mol. The fraction of sp³-hybridized carbons (Fsp3) is 0.0758. The second kappa shape index (κ2) is 16.1. The van der Waals surface area contributed by atoms with Gasteiger partial charge in [-0.25, -0.2) is 15.0 Å². The van der Waals surface area contributed by atoms with Crippen LogP contribution in [-0.2, 0) is 5.41 Å². The molecule has 0 N–H and O–H groups in total. The number of fused-ring (bicyclic) bond motifs is 8. The van der Waals surface area contributed by atoms with Gasteiger partial charge in [0.2, 0.25) is 0 Å². The van der Waals surface area contributed by atoms with Gasteiger partial charge in [0, 0.05) is 55.5 Å². The molecule has 2 aliphatic carbocycles. The number of nitrogens with zero attached hydrogens (tertiary/aromatic N) is 5. The Morgan fingerprint density at radius 2 is 0.930 bits per heavy atom. The summed E-state index contributed by atoms with van der Waals surface area (Å²) in [6.07, 6.45) is 3.43. The van der Waals surface area contributed by atoms with E-state index in [1.54, 1.807) is 0 Å². The first-order chi connectivity index (χ1) is 34.9. The number of hydrogen-bond acceptors (Lipinski definition) is 4. The van der Waals surface area contributed by atoms with Gasteiger partial charge in [0.15, 0.2) is 17.5 Å². The average Bonchev–Trinajstić information content (AvgIpc) is 4.02. The van der Waals surface area contributed by atoms with E-state index in [0.29, 0.717) is 17.5 Å². The molecule has 0 saturated heterocycles. The van der Waals surface area contributed by atoms with E-state index >= 15 is 0 Å². The smallest absolute Gasteiger partial charge is 0.164 e. The van der Waals surface area contributed by atoms with Crippen LogP contribution >= 0.6 is 0 Å². The van der Waals surface area contributed by atoms with Crippen LogP contribution in [0.3, 0.4) is 0 Å². The fourth-order valence-corrected chi connectivity index (χ4v) is 11.7. The maximum Gasteiger partial charge on any atom is 0.164 e. The topological polar surface area (TPSA) is 46.8 Å². The Kier molecular flexibility index (Phi) is 9.30. The summed E-state index contributed by atoms with van der Waals surface area (Å²) in [5.74, 6) is 1.95. The van der Waals surface area contributed by atoms with Crippen LogP contribution in [0.2, 0.25) is 0 Å². The molecule has 2 aromatic heterocycles. The van der Waals surface area contributed by atoms with Gasteiger partial charge < -0.3 is 9.47 Å². The molecule has 0 spiro atoms. The van der Waals surface area contributed by atoms with Gasteiger partial charge in [-0.05, 0) is 123 Å². The van der Waals surface area contributed by atoms with E-state index < -0.39 is 0 Å². The van der Waals surface area contributed by atoms with E-state index in [2.05, 4.69) is 217 Å². The summed E-state index contributed by atoms with van der Waals surface area (Å²) in [5.41, 5.74) is 21.6. The summed E-state index contributed by atoms with van der Waals surface area (Å²) in [5, 5.41) is 2.47. The third-order valence-electron chi connectivity index (χ3n) is 15.2. The van der Waals surface area contributed by atoms with Crippen molar-refractivity contribution in [1.82, 2.24) is 19.5 Å². The first kappa shape index (κ1) is 41.1. The molecule has 3 aliphatic rings. The molecule has 71 heavy (non-hydrogen) atoms. The molecule has 9 aromatic carbocycles. The van der Waals surface area contributed by atoms with Crippen molar-refractivity contribution in [3.8, 4) is 62.1 Å². The molecule has 0 bridgehead atoms. The molecular formula is C66H47N5. The molecule has 0 fully saturated rings. The third-order valence-corrected chi connectivity index (χ3v) is 15.2. The van der Waals surface area contributed by atoms with Crippen molar-refractivity contribution in [2.75, 3.05) is 4.90 Å². The molecule has 0 radical (unpaired) electrons. The van der Waals surface area contributed by atoms with Crippen LogP contribution in [0.5, 0.6) is 0 Å². The molecule has 11 aromatic rings. The number of allylic oxidation sites excluding steroid dienone is 2. The molecule has 1 aliphatic heterocycles. The Hall–Kier alpha value is -8.93. The van der Waals surface area contributed by atoms with Gasteiger partial charge in [0.1, 0.15) is 0 Å². The summed E-state index contributed by atoms with van der Waals surface area (Å²) in [4.78, 5) is 17.9. The maximum absolute atomic E-state index is 5.14. The van der Waals surface area contributed by atoms with Crippen LogP contribution in [0.4, 0.5) is 11.4 Å². The zero-order valence-corrected chi connectivity index (χ0v) is 39.5. The Morgan fingerprint density at radius 1 is 0.423 bits per heavy atom. The minimum atomic E-state index is -0.0946. The number of aromatic nitrogens is 4. The lowest BCUT2D eigenvalue weighted by Crippen LogP contribution is -2.31. The van der Waals surface area contributed by atoms with E-state index in [4.69, 9.17) is 15.0 Å². The van der Waals surface area contributed by atoms with E-state index in [9.17, 15) is 0 Å². The zero-order valence-electron chi connectivity index (χ0n) is 39.5. The standard InChI is InChI=1S/C66H47N5/c1-66(2)57-29-16-15-28-51(57)52-40-56-55-39-47(46-31-34-60-54(38-46)53-37-45(42-18-7-3-8-19-42)30-33-59(53)70(60)49-25-13-6-14-26-49)32-35-61(55)71(62(56)41-58(52)66)50-27-17-24-48(36-50)65-68-63(43-20-9-4-10-21-43)67-64(69-65)44-22-11-5-12-23-44/h3-40,62H,41H2,1-2H3. The van der Waals surface area contributed by atoms with E-state index in [0.717, 1.165) is 34.5 Å². The lowest BCUT2D eigenvalue weighted by atomic mass is 9.76. The molecule has 0 saturated carbocycles. The number of hydrogen-bond donors (Lipinski definition) is 0. The monoisotopic (exact) mass is 909 g/mol. The molecule has 1 unspecified atom stereocenters. The van der Waals surface area contributed by atoms with Crippen molar-refractivity contribution in [3.63, 3.8) is 0 Å². The quantitative estimate of drug-likeness (QED) is 0.160. The Balaban J connectivity index is 0.929. The van der Waals surface area contributed by atoms with E-state index in [-0.39, 0.29) is 11.5 Å². The summed E-state index contributed by atoms with van der Waals surface area (Å²) < 4.78 is 2.41. The van der Waals surface area contributed by atoms with Crippen molar-refractivity contribution in [3.05, 3.63) is 253 Å². The number of rotatable bonds is 7. The van der Waals surface area contributed by atoms with Gasteiger partial charge in [-0.15, -0.1) is 0 Å². The lowest BCUT2D eigenvalue weighted by molar-refractivity contribution is 0.592. The molecule has 336 valence electrons. The van der Waals surface area contributed by atoms with Crippen LogP contribution in [0, 0.1) is 0 Å². The van der Waals surface area contributed by atoms with Crippen molar-refractivity contribution in [2.24, 2.45) is 0 Å². The minimum absolute atomic E-state index is 0.0868.